The summed E-state index contributed by atoms with van der Waals surface area (Å²) in [6.45, 7) is 0. The Morgan fingerprint density at radius 1 is 1.35 bits per heavy atom. The second kappa shape index (κ2) is 4.12. The minimum Gasteiger partial charge on any atom is -0.492 e. The summed E-state index contributed by atoms with van der Waals surface area (Å²) in [7, 11) is 1.43. The lowest BCUT2D eigenvalue weighted by molar-refractivity contribution is 0.114. The van der Waals surface area contributed by atoms with Crippen molar-refractivity contribution in [1.82, 2.24) is 4.73 Å². The van der Waals surface area contributed by atoms with Gasteiger partial charge in [-0.2, -0.15) is 0 Å². The second-order valence-corrected chi connectivity index (χ2v) is 3.21. The Morgan fingerprint density at radius 3 is 2.53 bits per heavy atom. The van der Waals surface area contributed by atoms with Gasteiger partial charge in [-0.15, -0.1) is 4.73 Å². The Labute approximate surface area is 96.0 Å². The van der Waals surface area contributed by atoms with Crippen LogP contribution in [0, 0.1) is 0 Å². The highest BCUT2D eigenvalue weighted by atomic mass is 16.7. The Bertz CT molecular complexity index is 497. The molecule has 2 aromatic rings. The lowest BCUT2D eigenvalue weighted by Gasteiger charge is -2.14. The van der Waals surface area contributed by atoms with Crippen LogP contribution in [0.5, 0.6) is 11.8 Å². The molecule has 0 saturated carbocycles. The van der Waals surface area contributed by atoms with E-state index in [1.807, 2.05) is 0 Å². The quantitative estimate of drug-likeness (QED) is 0.820. The molecule has 0 fully saturated rings. The molecule has 7 heteroatoms. The summed E-state index contributed by atoms with van der Waals surface area (Å²) in [4.78, 5) is 17.4. The molecule has 0 aliphatic carbocycles. The van der Waals surface area contributed by atoms with E-state index in [1.54, 1.807) is 12.1 Å². The van der Waals surface area contributed by atoms with Crippen LogP contribution in [0.2, 0.25) is 0 Å². The van der Waals surface area contributed by atoms with Crippen molar-refractivity contribution in [3.8, 4) is 11.8 Å². The maximum absolute atomic E-state index is 11.6. The van der Waals surface area contributed by atoms with Crippen LogP contribution in [-0.2, 0) is 0 Å². The van der Waals surface area contributed by atoms with E-state index in [4.69, 9.17) is 9.25 Å². The minimum absolute atomic E-state index is 0.279. The van der Waals surface area contributed by atoms with Gasteiger partial charge in [0.25, 0.3) is 0 Å². The third kappa shape index (κ3) is 2.03. The third-order valence-corrected chi connectivity index (χ3v) is 2.08. The number of nitrogens with zero attached hydrogens (tertiary/aromatic N) is 2. The number of carbonyl (C=O) groups is 1. The molecule has 2 N–H and O–H groups in total. The summed E-state index contributed by atoms with van der Waals surface area (Å²) < 4.78 is 5.59. The number of carbonyl (C=O) groups excluding carboxylic acids is 1. The minimum atomic E-state index is -0.818. The molecule has 0 saturated heterocycles. The number of rotatable bonds is 2. The zero-order valence-electron chi connectivity index (χ0n) is 8.90. The van der Waals surface area contributed by atoms with E-state index in [0.717, 1.165) is 4.90 Å². The summed E-state index contributed by atoms with van der Waals surface area (Å²) in [5.41, 5.74) is 0. The average molecular weight is 238 g/mol. The Hall–Kier alpha value is -2.57. The van der Waals surface area contributed by atoms with Crippen LogP contribution >= 0.6 is 0 Å². The summed E-state index contributed by atoms with van der Waals surface area (Å²) in [5, 5.41) is 18.6. The number of amides is 1. The fraction of sp³-hybridized carbons (Fsp3) is 0.100. The zero-order chi connectivity index (χ0) is 12.4. The van der Waals surface area contributed by atoms with Gasteiger partial charge in [-0.05, 0) is 6.07 Å². The van der Waals surface area contributed by atoms with Gasteiger partial charge in [0.05, 0.1) is 6.26 Å². The second-order valence-electron chi connectivity index (χ2n) is 3.21. The van der Waals surface area contributed by atoms with Crippen LogP contribution in [-0.4, -0.2) is 28.1 Å². The summed E-state index contributed by atoms with van der Waals surface area (Å²) in [6.07, 6.45) is 0.589. The Morgan fingerprint density at radius 2 is 2.00 bits per heavy atom. The van der Waals surface area contributed by atoms with Crippen LogP contribution in [0.15, 0.2) is 34.9 Å². The number of anilines is 1. The van der Waals surface area contributed by atoms with Crippen molar-refractivity contribution in [1.29, 1.82) is 0 Å². The molecule has 17 heavy (non-hydrogen) atoms. The van der Waals surface area contributed by atoms with Crippen LogP contribution in [0.3, 0.4) is 0 Å². The SMILES string of the molecule is CN(C(=O)On1c(O)ccc1O)c1ccco1. The average Bonchev–Trinajstić information content (AvgIpc) is 2.93. The Balaban J connectivity index is 2.12. The first-order chi connectivity index (χ1) is 8.09. The Kier molecular flexibility index (Phi) is 2.65. The largest absolute Gasteiger partial charge is 0.492 e. The number of hydrogen-bond acceptors (Lipinski definition) is 5. The van der Waals surface area contributed by atoms with Gasteiger partial charge in [0.2, 0.25) is 17.6 Å². The molecule has 7 nitrogen and oxygen atoms in total. The number of furan rings is 1. The first kappa shape index (κ1) is 10.9. The van der Waals surface area contributed by atoms with Gasteiger partial charge >= 0.3 is 6.09 Å². The molecule has 0 aliphatic heterocycles. The molecule has 2 heterocycles. The summed E-state index contributed by atoms with van der Waals surface area (Å²) in [6, 6.07) is 5.56. The highest BCUT2D eigenvalue weighted by Gasteiger charge is 2.18. The molecule has 90 valence electrons. The van der Waals surface area contributed by atoms with Crippen molar-refractivity contribution in [2.45, 2.75) is 0 Å². The monoisotopic (exact) mass is 238 g/mol. The van der Waals surface area contributed by atoms with E-state index in [-0.39, 0.29) is 17.6 Å². The van der Waals surface area contributed by atoms with Crippen molar-refractivity contribution in [3.63, 3.8) is 0 Å². The zero-order valence-corrected chi connectivity index (χ0v) is 8.90. The van der Waals surface area contributed by atoms with Crippen LogP contribution in [0.25, 0.3) is 0 Å². The number of aromatic nitrogens is 1. The number of aromatic hydroxyl groups is 2. The van der Waals surface area contributed by atoms with E-state index in [2.05, 4.69) is 0 Å². The van der Waals surface area contributed by atoms with Gasteiger partial charge < -0.3 is 19.5 Å². The third-order valence-electron chi connectivity index (χ3n) is 2.08. The van der Waals surface area contributed by atoms with Crippen molar-refractivity contribution >= 4 is 12.0 Å². The van der Waals surface area contributed by atoms with E-state index < -0.39 is 6.09 Å². The standard InChI is InChI=1S/C10H10N2O5/c1-11(9-3-2-6-16-9)10(15)17-12-7(13)4-5-8(12)14/h2-6,13-14H,1H3. The highest BCUT2D eigenvalue weighted by Crippen LogP contribution is 2.20. The van der Waals surface area contributed by atoms with Gasteiger partial charge in [0.1, 0.15) is 0 Å². The van der Waals surface area contributed by atoms with E-state index >= 15 is 0 Å². The lowest BCUT2D eigenvalue weighted by atomic mass is 10.6. The molecule has 0 aromatic carbocycles. The highest BCUT2D eigenvalue weighted by molar-refractivity contribution is 5.85. The van der Waals surface area contributed by atoms with Crippen molar-refractivity contribution in [3.05, 3.63) is 30.5 Å². The molecule has 1 amide bonds. The number of hydrogen-bond donors (Lipinski definition) is 2. The molecule has 0 spiro atoms. The van der Waals surface area contributed by atoms with Crippen molar-refractivity contribution in [2.75, 3.05) is 11.9 Å². The molecule has 0 bridgehead atoms. The smallest absolute Gasteiger partial charge is 0.441 e. The van der Waals surface area contributed by atoms with Gasteiger partial charge in [-0.1, -0.05) is 0 Å². The maximum atomic E-state index is 11.6. The molecule has 0 unspecified atom stereocenters. The van der Waals surface area contributed by atoms with Gasteiger partial charge in [-0.25, -0.2) is 9.69 Å². The predicted octanol–water partition coefficient (Wildman–Crippen LogP) is 1.18. The molecule has 2 rings (SSSR count). The molecular weight excluding hydrogens is 228 g/mol. The topological polar surface area (TPSA) is 88.1 Å². The van der Waals surface area contributed by atoms with E-state index in [1.165, 1.54) is 25.4 Å². The molecule has 0 radical (unpaired) electrons. The summed E-state index contributed by atoms with van der Waals surface area (Å²) >= 11 is 0. The predicted molar refractivity (Wildman–Crippen MR) is 56.8 cm³/mol. The summed E-state index contributed by atoms with van der Waals surface area (Å²) in [5.74, 6) is -0.492. The van der Waals surface area contributed by atoms with Crippen molar-refractivity contribution < 1.29 is 24.3 Å². The van der Waals surface area contributed by atoms with Crippen LogP contribution < -0.4 is 9.74 Å². The molecular formula is C10H10N2O5. The first-order valence-electron chi connectivity index (χ1n) is 4.69. The lowest BCUT2D eigenvalue weighted by Crippen LogP contribution is -2.33. The van der Waals surface area contributed by atoms with Crippen LogP contribution in [0.4, 0.5) is 10.7 Å². The van der Waals surface area contributed by atoms with Crippen LogP contribution in [0.1, 0.15) is 0 Å². The molecule has 2 aromatic heterocycles. The van der Waals surface area contributed by atoms with Crippen molar-refractivity contribution in [2.24, 2.45) is 0 Å². The fourth-order valence-corrected chi connectivity index (χ4v) is 1.19. The van der Waals surface area contributed by atoms with Gasteiger partial charge in [0, 0.05) is 25.2 Å². The van der Waals surface area contributed by atoms with E-state index in [0.29, 0.717) is 4.73 Å². The fourth-order valence-electron chi connectivity index (χ4n) is 1.19. The molecule has 0 atom stereocenters. The maximum Gasteiger partial charge on any atom is 0.441 e. The normalized spacial score (nSPS) is 10.2. The molecule has 0 aliphatic rings. The first-order valence-corrected chi connectivity index (χ1v) is 4.69. The van der Waals surface area contributed by atoms with Gasteiger partial charge in [0.15, 0.2) is 0 Å². The van der Waals surface area contributed by atoms with E-state index in [9.17, 15) is 15.0 Å². The van der Waals surface area contributed by atoms with Gasteiger partial charge in [-0.3, -0.25) is 0 Å².